The predicted molar refractivity (Wildman–Crippen MR) is 88.5 cm³/mol. The zero-order chi connectivity index (χ0) is 17.0. The van der Waals surface area contributed by atoms with Gasteiger partial charge in [0.05, 0.1) is 11.3 Å². The lowest BCUT2D eigenvalue weighted by atomic mass is 10.2. The van der Waals surface area contributed by atoms with E-state index in [4.69, 9.17) is 0 Å². The summed E-state index contributed by atoms with van der Waals surface area (Å²) in [6.45, 7) is 9.59. The molecule has 0 unspecified atom stereocenters. The minimum atomic E-state index is -0.702. The maximum atomic E-state index is 13.9. The third kappa shape index (κ3) is 3.53. The molecule has 0 spiro atoms. The van der Waals surface area contributed by atoms with Crippen LogP contribution in [0, 0.1) is 18.6 Å². The van der Waals surface area contributed by atoms with Crippen LogP contribution in [-0.2, 0) is 0 Å². The minimum Gasteiger partial charge on any atom is -0.330 e. The van der Waals surface area contributed by atoms with Crippen LogP contribution in [0.5, 0.6) is 0 Å². The average Bonchev–Trinajstić information content (AvgIpc) is 2.87. The summed E-state index contributed by atoms with van der Waals surface area (Å²) in [6, 6.07) is 3.62. The Hall–Kier alpha value is -2.34. The molecule has 0 aliphatic carbocycles. The number of carbonyl (C=O) groups excluding carboxylic acids is 1. The van der Waals surface area contributed by atoms with Crippen molar-refractivity contribution in [2.75, 3.05) is 13.1 Å². The van der Waals surface area contributed by atoms with Crippen LogP contribution in [0.15, 0.2) is 43.5 Å². The SMILES string of the molecule is C=CCN(CC=C)C(=O)c1sc(-c2c(F)cccc2F)nc1C. The predicted octanol–water partition coefficient (Wildman–Crippen LogP) is 4.21. The first-order chi connectivity index (χ1) is 11.0. The van der Waals surface area contributed by atoms with Gasteiger partial charge in [-0.3, -0.25) is 4.79 Å². The first-order valence-electron chi connectivity index (χ1n) is 6.92. The van der Waals surface area contributed by atoms with Crippen LogP contribution in [0.1, 0.15) is 15.4 Å². The van der Waals surface area contributed by atoms with Crippen molar-refractivity contribution in [2.24, 2.45) is 0 Å². The van der Waals surface area contributed by atoms with Gasteiger partial charge in [-0.05, 0) is 19.1 Å². The quantitative estimate of drug-likeness (QED) is 0.742. The van der Waals surface area contributed by atoms with E-state index in [1.807, 2.05) is 0 Å². The van der Waals surface area contributed by atoms with Gasteiger partial charge in [0.2, 0.25) is 0 Å². The van der Waals surface area contributed by atoms with Crippen molar-refractivity contribution in [3.63, 3.8) is 0 Å². The van der Waals surface area contributed by atoms with Gasteiger partial charge in [-0.15, -0.1) is 24.5 Å². The summed E-state index contributed by atoms with van der Waals surface area (Å²) in [5.74, 6) is -1.67. The molecule has 3 nitrogen and oxygen atoms in total. The number of amides is 1. The highest BCUT2D eigenvalue weighted by molar-refractivity contribution is 7.17. The summed E-state index contributed by atoms with van der Waals surface area (Å²) in [4.78, 5) is 18.6. The van der Waals surface area contributed by atoms with Crippen molar-refractivity contribution in [1.82, 2.24) is 9.88 Å². The van der Waals surface area contributed by atoms with Crippen LogP contribution in [0.4, 0.5) is 8.78 Å². The molecule has 0 radical (unpaired) electrons. The van der Waals surface area contributed by atoms with Crippen LogP contribution in [0.25, 0.3) is 10.6 Å². The fourth-order valence-corrected chi connectivity index (χ4v) is 3.18. The summed E-state index contributed by atoms with van der Waals surface area (Å²) < 4.78 is 27.8. The Morgan fingerprint density at radius 1 is 1.26 bits per heavy atom. The lowest BCUT2D eigenvalue weighted by molar-refractivity contribution is 0.0794. The Balaban J connectivity index is 2.43. The average molecular weight is 334 g/mol. The van der Waals surface area contributed by atoms with Gasteiger partial charge in [0.25, 0.3) is 5.91 Å². The highest BCUT2D eigenvalue weighted by Crippen LogP contribution is 2.32. The molecule has 0 saturated carbocycles. The van der Waals surface area contributed by atoms with Gasteiger partial charge in [-0.25, -0.2) is 13.8 Å². The monoisotopic (exact) mass is 334 g/mol. The van der Waals surface area contributed by atoms with E-state index in [9.17, 15) is 13.6 Å². The van der Waals surface area contributed by atoms with Crippen molar-refractivity contribution < 1.29 is 13.6 Å². The second kappa shape index (κ2) is 7.28. The summed E-state index contributed by atoms with van der Waals surface area (Å²) in [6.07, 6.45) is 3.21. The zero-order valence-electron chi connectivity index (χ0n) is 12.7. The Morgan fingerprint density at radius 2 is 1.83 bits per heavy atom. The highest BCUT2D eigenvalue weighted by Gasteiger charge is 2.23. The van der Waals surface area contributed by atoms with E-state index in [-0.39, 0.29) is 16.5 Å². The molecule has 1 amide bonds. The molecule has 6 heteroatoms. The van der Waals surface area contributed by atoms with Crippen LogP contribution in [0.2, 0.25) is 0 Å². The Bertz CT molecular complexity index is 725. The molecule has 1 aromatic carbocycles. The molecule has 0 fully saturated rings. The molecule has 1 aromatic heterocycles. The smallest absolute Gasteiger partial charge is 0.266 e. The second-order valence-electron chi connectivity index (χ2n) is 4.82. The third-order valence-corrected chi connectivity index (χ3v) is 4.32. The highest BCUT2D eigenvalue weighted by atomic mass is 32.1. The van der Waals surface area contributed by atoms with Crippen molar-refractivity contribution >= 4 is 17.2 Å². The van der Waals surface area contributed by atoms with E-state index in [0.29, 0.717) is 23.7 Å². The first kappa shape index (κ1) is 17.0. The normalized spacial score (nSPS) is 10.4. The van der Waals surface area contributed by atoms with Crippen LogP contribution >= 0.6 is 11.3 Å². The van der Waals surface area contributed by atoms with Crippen LogP contribution in [-0.4, -0.2) is 28.9 Å². The summed E-state index contributed by atoms with van der Waals surface area (Å²) in [5.41, 5.74) is 0.231. The number of halogens is 2. The van der Waals surface area contributed by atoms with Gasteiger partial charge in [0.15, 0.2) is 0 Å². The zero-order valence-corrected chi connectivity index (χ0v) is 13.5. The number of rotatable bonds is 6. The van der Waals surface area contributed by atoms with Gasteiger partial charge < -0.3 is 4.90 Å². The van der Waals surface area contributed by atoms with Crippen LogP contribution in [0.3, 0.4) is 0 Å². The van der Waals surface area contributed by atoms with E-state index in [1.54, 1.807) is 19.1 Å². The van der Waals surface area contributed by atoms with E-state index < -0.39 is 11.6 Å². The van der Waals surface area contributed by atoms with Gasteiger partial charge in [0, 0.05) is 13.1 Å². The number of aromatic nitrogens is 1. The van der Waals surface area contributed by atoms with E-state index in [1.165, 1.54) is 23.1 Å². The molecule has 0 aliphatic heterocycles. The molecule has 2 rings (SSSR count). The molecular formula is C17H16F2N2OS. The summed E-state index contributed by atoms with van der Waals surface area (Å²) >= 11 is 0.978. The van der Waals surface area contributed by atoms with Crippen molar-refractivity contribution in [2.45, 2.75) is 6.92 Å². The van der Waals surface area contributed by atoms with Gasteiger partial charge in [-0.2, -0.15) is 0 Å². The number of carbonyl (C=O) groups is 1. The van der Waals surface area contributed by atoms with Gasteiger partial charge in [0.1, 0.15) is 21.5 Å². The number of thiazole rings is 1. The number of hydrogen-bond acceptors (Lipinski definition) is 3. The number of benzene rings is 1. The maximum absolute atomic E-state index is 13.9. The molecule has 1 heterocycles. The second-order valence-corrected chi connectivity index (χ2v) is 5.82. The molecule has 0 atom stereocenters. The number of nitrogens with zero attached hydrogens (tertiary/aromatic N) is 2. The maximum Gasteiger partial charge on any atom is 0.266 e. The fraction of sp³-hybridized carbons (Fsp3) is 0.176. The van der Waals surface area contributed by atoms with Gasteiger partial charge >= 0.3 is 0 Å². The summed E-state index contributed by atoms with van der Waals surface area (Å²) in [5, 5.41) is 0.151. The Morgan fingerprint density at radius 3 is 2.35 bits per heavy atom. The molecule has 0 bridgehead atoms. The minimum absolute atomic E-state index is 0.151. The first-order valence-corrected chi connectivity index (χ1v) is 7.74. The van der Waals surface area contributed by atoms with Gasteiger partial charge in [-0.1, -0.05) is 18.2 Å². The number of hydrogen-bond donors (Lipinski definition) is 0. The van der Waals surface area contributed by atoms with E-state index >= 15 is 0 Å². The standard InChI is InChI=1S/C17H16F2N2OS/c1-4-9-21(10-5-2)17(22)15-11(3)20-16(23-15)14-12(18)7-6-8-13(14)19/h4-8H,1-2,9-10H2,3H3. The lowest BCUT2D eigenvalue weighted by Gasteiger charge is -2.18. The van der Waals surface area contributed by atoms with E-state index in [0.717, 1.165) is 11.3 Å². The lowest BCUT2D eigenvalue weighted by Crippen LogP contribution is -2.31. The molecule has 0 N–H and O–H groups in total. The molecule has 23 heavy (non-hydrogen) atoms. The Labute approximate surface area is 137 Å². The fourth-order valence-electron chi connectivity index (χ4n) is 2.10. The molecule has 0 saturated heterocycles. The van der Waals surface area contributed by atoms with Crippen molar-refractivity contribution in [3.8, 4) is 10.6 Å². The molecule has 0 aliphatic rings. The summed E-state index contributed by atoms with van der Waals surface area (Å²) in [7, 11) is 0. The van der Waals surface area contributed by atoms with Crippen molar-refractivity contribution in [1.29, 1.82) is 0 Å². The van der Waals surface area contributed by atoms with Crippen molar-refractivity contribution in [3.05, 3.63) is 65.7 Å². The topological polar surface area (TPSA) is 33.2 Å². The molecule has 2 aromatic rings. The Kier molecular flexibility index (Phi) is 5.39. The molecular weight excluding hydrogens is 318 g/mol. The number of aryl methyl sites for hydroxylation is 1. The molecule has 120 valence electrons. The van der Waals surface area contributed by atoms with E-state index in [2.05, 4.69) is 18.1 Å². The van der Waals surface area contributed by atoms with Crippen LogP contribution < -0.4 is 0 Å². The largest absolute Gasteiger partial charge is 0.330 e. The third-order valence-electron chi connectivity index (χ3n) is 3.15.